The van der Waals surface area contributed by atoms with Crippen LogP contribution in [0.1, 0.15) is 5.89 Å². The van der Waals surface area contributed by atoms with Crippen molar-refractivity contribution in [3.05, 3.63) is 48.0 Å². The molecular weight excluding hydrogens is 428 g/mol. The first-order valence-corrected chi connectivity index (χ1v) is 10.7. The molecule has 0 N–H and O–H groups in total. The zero-order valence-corrected chi connectivity index (χ0v) is 17.5. The summed E-state index contributed by atoms with van der Waals surface area (Å²) in [5.41, 5.74) is 0.890. The highest BCUT2D eigenvalue weighted by Gasteiger charge is 2.25. The summed E-state index contributed by atoms with van der Waals surface area (Å²) in [5, 5.41) is 3.89. The van der Waals surface area contributed by atoms with E-state index in [1.54, 1.807) is 23.1 Å². The van der Waals surface area contributed by atoms with Crippen LogP contribution in [0, 0.1) is 0 Å². The Morgan fingerprint density at radius 3 is 2.77 bits per heavy atom. The fraction of sp³-hybridized carbons (Fsp3) is 0.263. The summed E-state index contributed by atoms with van der Waals surface area (Å²) in [4.78, 5) is 18.2. The predicted octanol–water partition coefficient (Wildman–Crippen LogP) is 1.29. The summed E-state index contributed by atoms with van der Waals surface area (Å²) in [6.45, 7) is -0.0136. The lowest BCUT2D eigenvalue weighted by molar-refractivity contribution is -0.140. The number of nitrogens with zero attached hydrogens (tertiary/aromatic N) is 4. The third-order valence-electron chi connectivity index (χ3n) is 4.50. The number of rotatable bonds is 6. The first-order chi connectivity index (χ1) is 14.9. The van der Waals surface area contributed by atoms with Gasteiger partial charge in [0.2, 0.25) is 5.82 Å². The molecule has 162 valence electrons. The fourth-order valence-corrected chi connectivity index (χ4v) is 3.91. The zero-order chi connectivity index (χ0) is 22.0. The molecule has 3 heterocycles. The minimum Gasteiger partial charge on any atom is -0.493 e. The fourth-order valence-electron chi connectivity index (χ4n) is 2.94. The molecular formula is C19H18N4O7S. The van der Waals surface area contributed by atoms with E-state index in [-0.39, 0.29) is 36.2 Å². The van der Waals surface area contributed by atoms with Crippen LogP contribution in [-0.2, 0) is 26.2 Å². The third kappa shape index (κ3) is 4.43. The van der Waals surface area contributed by atoms with Gasteiger partial charge in [0.1, 0.15) is 5.84 Å². The van der Waals surface area contributed by atoms with Gasteiger partial charge in [-0.1, -0.05) is 5.16 Å². The molecule has 12 heteroatoms. The van der Waals surface area contributed by atoms with Crippen molar-refractivity contribution in [1.82, 2.24) is 15.0 Å². The topological polar surface area (TPSA) is 133 Å². The predicted molar refractivity (Wildman–Crippen MR) is 108 cm³/mol. The van der Waals surface area contributed by atoms with Crippen molar-refractivity contribution in [2.45, 2.75) is 6.61 Å². The van der Waals surface area contributed by atoms with Crippen molar-refractivity contribution in [1.29, 1.82) is 0 Å². The largest absolute Gasteiger partial charge is 0.493 e. The molecule has 0 aliphatic carbocycles. The molecule has 11 nitrogen and oxygen atoms in total. The summed E-state index contributed by atoms with van der Waals surface area (Å²) in [6.07, 6.45) is 4.40. The van der Waals surface area contributed by atoms with Crippen LogP contribution in [0.25, 0.3) is 11.4 Å². The van der Waals surface area contributed by atoms with E-state index >= 15 is 0 Å². The molecule has 4 rings (SSSR count). The van der Waals surface area contributed by atoms with E-state index in [1.165, 1.54) is 32.6 Å². The smallest absolute Gasteiger partial charge is 0.340 e. The van der Waals surface area contributed by atoms with Gasteiger partial charge >= 0.3 is 5.97 Å². The lowest BCUT2D eigenvalue weighted by Crippen LogP contribution is -2.37. The highest BCUT2D eigenvalue weighted by atomic mass is 32.2. The summed E-state index contributed by atoms with van der Waals surface area (Å²) in [6, 6.07) is 5.17. The van der Waals surface area contributed by atoms with E-state index in [9.17, 15) is 13.2 Å². The molecule has 0 atom stereocenters. The maximum atomic E-state index is 12.4. The quantitative estimate of drug-likeness (QED) is 0.598. The molecule has 0 saturated carbocycles. The molecule has 0 spiro atoms. The number of ether oxygens (including phenoxy) is 3. The van der Waals surface area contributed by atoms with Crippen molar-refractivity contribution in [2.24, 2.45) is 4.40 Å². The lowest BCUT2D eigenvalue weighted by atomic mass is 10.2. The van der Waals surface area contributed by atoms with Crippen LogP contribution in [0.5, 0.6) is 11.5 Å². The van der Waals surface area contributed by atoms with Crippen LogP contribution in [0.3, 0.4) is 0 Å². The van der Waals surface area contributed by atoms with E-state index in [0.29, 0.717) is 22.9 Å². The van der Waals surface area contributed by atoms with Crippen molar-refractivity contribution >= 4 is 21.8 Å². The molecule has 1 aromatic carbocycles. The maximum absolute atomic E-state index is 12.4. The normalized spacial score (nSPS) is 16.8. The van der Waals surface area contributed by atoms with Gasteiger partial charge in [-0.3, -0.25) is 0 Å². The molecule has 0 unspecified atom stereocenters. The Morgan fingerprint density at radius 2 is 2.00 bits per heavy atom. The number of amidine groups is 1. The number of benzene rings is 1. The van der Waals surface area contributed by atoms with Gasteiger partial charge in [-0.15, -0.1) is 4.40 Å². The summed E-state index contributed by atoms with van der Waals surface area (Å²) < 4.78 is 47.6. The minimum atomic E-state index is -3.46. The number of sulfonamides is 1. The molecule has 0 saturated heterocycles. The van der Waals surface area contributed by atoms with Gasteiger partial charge in [-0.25, -0.2) is 13.2 Å². The summed E-state index contributed by atoms with van der Waals surface area (Å²) >= 11 is 0. The molecule has 2 aliphatic rings. The average molecular weight is 446 g/mol. The second-order valence-corrected chi connectivity index (χ2v) is 8.26. The molecule has 2 aliphatic heterocycles. The monoisotopic (exact) mass is 446 g/mol. The average Bonchev–Trinajstić information content (AvgIpc) is 3.25. The van der Waals surface area contributed by atoms with Crippen LogP contribution in [0.2, 0.25) is 0 Å². The molecule has 0 radical (unpaired) electrons. The van der Waals surface area contributed by atoms with E-state index in [4.69, 9.17) is 18.7 Å². The molecule has 31 heavy (non-hydrogen) atoms. The Morgan fingerprint density at radius 1 is 1.19 bits per heavy atom. The van der Waals surface area contributed by atoms with E-state index in [2.05, 4.69) is 14.5 Å². The summed E-state index contributed by atoms with van der Waals surface area (Å²) in [5.74, 6) is 1.03. The first-order valence-electron chi connectivity index (χ1n) is 9.10. The van der Waals surface area contributed by atoms with Crippen molar-refractivity contribution in [3.8, 4) is 22.9 Å². The standard InChI is InChI=1S/C19H18N4O7S/c1-27-14-5-3-12(9-15(14)28-2)18-20-17(30-21-18)11-29-19(24)13-4-6-16-22-31(25,26)8-7-23(16)10-13/h3-6,9-10H,7-8,11H2,1-2H3. The number of hydrogen-bond donors (Lipinski definition) is 0. The Labute approximate surface area is 177 Å². The number of hydrogen-bond acceptors (Lipinski definition) is 10. The maximum Gasteiger partial charge on any atom is 0.340 e. The number of fused-ring (bicyclic) bond motifs is 1. The van der Waals surface area contributed by atoms with Gasteiger partial charge in [0.15, 0.2) is 18.1 Å². The number of methoxy groups -OCH3 is 2. The third-order valence-corrected chi connectivity index (χ3v) is 5.66. The molecule has 2 aromatic rings. The number of esters is 1. The van der Waals surface area contributed by atoms with Gasteiger partial charge in [-0.2, -0.15) is 4.98 Å². The van der Waals surface area contributed by atoms with Crippen molar-refractivity contribution in [3.63, 3.8) is 0 Å². The lowest BCUT2D eigenvalue weighted by Gasteiger charge is -2.26. The van der Waals surface area contributed by atoms with Crippen LogP contribution in [0.4, 0.5) is 0 Å². The van der Waals surface area contributed by atoms with Crippen LogP contribution in [-0.4, -0.2) is 61.8 Å². The van der Waals surface area contributed by atoms with Crippen molar-refractivity contribution in [2.75, 3.05) is 26.5 Å². The Hall–Kier alpha value is -3.67. The van der Waals surface area contributed by atoms with Crippen LogP contribution in [0.15, 0.2) is 51.0 Å². The van der Waals surface area contributed by atoms with Gasteiger partial charge in [0.05, 0.1) is 25.5 Å². The van der Waals surface area contributed by atoms with Gasteiger partial charge in [0.25, 0.3) is 15.9 Å². The van der Waals surface area contributed by atoms with Gasteiger partial charge in [-0.05, 0) is 30.4 Å². The SMILES string of the molecule is COc1ccc(-c2noc(COC(=O)C3=CN4CCS(=O)(=O)N=C4C=C3)n2)cc1OC. The van der Waals surface area contributed by atoms with Gasteiger partial charge < -0.3 is 23.6 Å². The minimum absolute atomic E-state index is 0.116. The highest BCUT2D eigenvalue weighted by Crippen LogP contribution is 2.31. The highest BCUT2D eigenvalue weighted by molar-refractivity contribution is 7.90. The Kier molecular flexibility index (Phi) is 5.46. The van der Waals surface area contributed by atoms with Crippen LogP contribution >= 0.6 is 0 Å². The Bertz CT molecular complexity index is 1210. The van der Waals surface area contributed by atoms with E-state index in [1.807, 2.05) is 0 Å². The van der Waals surface area contributed by atoms with E-state index in [0.717, 1.165) is 0 Å². The molecule has 0 bridgehead atoms. The second-order valence-electron chi connectivity index (χ2n) is 6.50. The number of carbonyl (C=O) groups is 1. The molecule has 0 fully saturated rings. The Balaban J connectivity index is 1.41. The van der Waals surface area contributed by atoms with Gasteiger partial charge in [0, 0.05) is 18.3 Å². The first kappa shape index (κ1) is 20.6. The molecule has 0 amide bonds. The van der Waals surface area contributed by atoms with Crippen LogP contribution < -0.4 is 9.47 Å². The van der Waals surface area contributed by atoms with Crippen molar-refractivity contribution < 1.29 is 31.9 Å². The number of carbonyl (C=O) groups excluding carboxylic acids is 1. The summed E-state index contributed by atoms with van der Waals surface area (Å²) in [7, 11) is -0.399. The zero-order valence-electron chi connectivity index (χ0n) is 16.6. The van der Waals surface area contributed by atoms with E-state index < -0.39 is 16.0 Å². The second kappa shape index (κ2) is 8.22. The number of aromatic nitrogens is 2. The molecule has 1 aromatic heterocycles.